The second-order valence-electron chi connectivity index (χ2n) is 6.18. The molecule has 1 aliphatic rings. The Morgan fingerprint density at radius 1 is 1.23 bits per heavy atom. The lowest BCUT2D eigenvalue weighted by Crippen LogP contribution is -2.32. The molecule has 22 heavy (non-hydrogen) atoms. The van der Waals surface area contributed by atoms with Crippen molar-refractivity contribution in [2.45, 2.75) is 44.6 Å². The molecule has 6 nitrogen and oxygen atoms in total. The Morgan fingerprint density at radius 2 is 1.95 bits per heavy atom. The van der Waals surface area contributed by atoms with Crippen LogP contribution in [0.1, 0.15) is 49.0 Å². The molecule has 0 saturated heterocycles. The van der Waals surface area contributed by atoms with E-state index in [1.807, 2.05) is 19.0 Å². The standard InChI is InChI=1S/C16H27N5O/c1-21(2)10-9-17-16(22)14-11-15(19-12-18-14)20-13-7-5-3-4-6-8-13/h11-13H,3-10H2,1-2H3,(H,17,22)(H,18,19,20). The topological polar surface area (TPSA) is 70.2 Å². The Labute approximate surface area is 132 Å². The van der Waals surface area contributed by atoms with Gasteiger partial charge in [-0.1, -0.05) is 25.7 Å². The van der Waals surface area contributed by atoms with Crippen LogP contribution in [0.3, 0.4) is 0 Å². The molecule has 1 heterocycles. The number of amides is 1. The third-order valence-electron chi connectivity index (χ3n) is 3.95. The maximum atomic E-state index is 12.1. The zero-order valence-electron chi connectivity index (χ0n) is 13.6. The molecule has 1 saturated carbocycles. The summed E-state index contributed by atoms with van der Waals surface area (Å²) in [5, 5.41) is 6.32. The van der Waals surface area contributed by atoms with Crippen molar-refractivity contribution in [3.63, 3.8) is 0 Å². The van der Waals surface area contributed by atoms with Gasteiger partial charge in [-0.15, -0.1) is 0 Å². The number of carbonyl (C=O) groups is 1. The SMILES string of the molecule is CN(C)CCNC(=O)c1cc(NC2CCCCCC2)ncn1. The number of nitrogens with zero attached hydrogens (tertiary/aromatic N) is 3. The van der Waals surface area contributed by atoms with Gasteiger partial charge in [0, 0.05) is 25.2 Å². The first kappa shape index (κ1) is 16.7. The molecule has 1 aromatic rings. The van der Waals surface area contributed by atoms with Crippen LogP contribution in [0, 0.1) is 0 Å². The monoisotopic (exact) mass is 305 g/mol. The van der Waals surface area contributed by atoms with Crippen LogP contribution < -0.4 is 10.6 Å². The van der Waals surface area contributed by atoms with Crippen LogP contribution in [0.5, 0.6) is 0 Å². The van der Waals surface area contributed by atoms with Crippen molar-refractivity contribution >= 4 is 11.7 Å². The molecular weight excluding hydrogens is 278 g/mol. The zero-order chi connectivity index (χ0) is 15.8. The number of anilines is 1. The molecule has 0 aromatic carbocycles. The Morgan fingerprint density at radius 3 is 2.64 bits per heavy atom. The quantitative estimate of drug-likeness (QED) is 0.786. The van der Waals surface area contributed by atoms with E-state index in [4.69, 9.17) is 0 Å². The van der Waals surface area contributed by atoms with Crippen molar-refractivity contribution in [3.05, 3.63) is 18.1 Å². The van der Waals surface area contributed by atoms with Crippen LogP contribution >= 0.6 is 0 Å². The fourth-order valence-corrected chi connectivity index (χ4v) is 2.68. The van der Waals surface area contributed by atoms with Gasteiger partial charge in [0.2, 0.25) is 0 Å². The van der Waals surface area contributed by atoms with E-state index >= 15 is 0 Å². The molecule has 1 fully saturated rings. The average Bonchev–Trinajstić information content (AvgIpc) is 2.76. The molecule has 1 amide bonds. The summed E-state index contributed by atoms with van der Waals surface area (Å²) in [4.78, 5) is 22.4. The van der Waals surface area contributed by atoms with Crippen LogP contribution in [-0.2, 0) is 0 Å². The molecule has 6 heteroatoms. The van der Waals surface area contributed by atoms with Gasteiger partial charge in [-0.3, -0.25) is 4.79 Å². The Kier molecular flexibility index (Phi) is 6.58. The van der Waals surface area contributed by atoms with E-state index in [2.05, 4.69) is 20.6 Å². The smallest absolute Gasteiger partial charge is 0.270 e. The highest BCUT2D eigenvalue weighted by molar-refractivity contribution is 5.92. The minimum absolute atomic E-state index is 0.145. The van der Waals surface area contributed by atoms with Crippen LogP contribution in [0.2, 0.25) is 0 Å². The summed E-state index contributed by atoms with van der Waals surface area (Å²) in [7, 11) is 3.96. The van der Waals surface area contributed by atoms with Crippen molar-refractivity contribution < 1.29 is 4.79 Å². The van der Waals surface area contributed by atoms with E-state index in [0.29, 0.717) is 18.3 Å². The summed E-state index contributed by atoms with van der Waals surface area (Å²) in [6.07, 6.45) is 8.98. The van der Waals surface area contributed by atoms with Gasteiger partial charge in [0.25, 0.3) is 5.91 Å². The first-order valence-electron chi connectivity index (χ1n) is 8.16. The Balaban J connectivity index is 1.89. The molecule has 0 unspecified atom stereocenters. The maximum Gasteiger partial charge on any atom is 0.270 e. The van der Waals surface area contributed by atoms with Gasteiger partial charge in [-0.2, -0.15) is 0 Å². The fraction of sp³-hybridized carbons (Fsp3) is 0.688. The number of aromatic nitrogens is 2. The van der Waals surface area contributed by atoms with E-state index in [0.717, 1.165) is 12.4 Å². The van der Waals surface area contributed by atoms with Crippen LogP contribution in [0.15, 0.2) is 12.4 Å². The van der Waals surface area contributed by atoms with Gasteiger partial charge in [0.15, 0.2) is 0 Å². The number of hydrogen-bond acceptors (Lipinski definition) is 5. The van der Waals surface area contributed by atoms with E-state index < -0.39 is 0 Å². The number of rotatable bonds is 6. The van der Waals surface area contributed by atoms with E-state index in [9.17, 15) is 4.79 Å². The lowest BCUT2D eigenvalue weighted by molar-refractivity contribution is 0.0946. The Bertz CT molecular complexity index is 469. The van der Waals surface area contributed by atoms with Crippen molar-refractivity contribution in [1.29, 1.82) is 0 Å². The summed E-state index contributed by atoms with van der Waals surface area (Å²) in [5.74, 6) is 0.604. The van der Waals surface area contributed by atoms with Crippen molar-refractivity contribution in [2.75, 3.05) is 32.5 Å². The van der Waals surface area contributed by atoms with Crippen molar-refractivity contribution in [1.82, 2.24) is 20.2 Å². The van der Waals surface area contributed by atoms with Gasteiger partial charge in [-0.25, -0.2) is 9.97 Å². The lowest BCUT2D eigenvalue weighted by atomic mass is 10.1. The van der Waals surface area contributed by atoms with Crippen LogP contribution in [0.4, 0.5) is 5.82 Å². The van der Waals surface area contributed by atoms with Crippen molar-refractivity contribution in [2.24, 2.45) is 0 Å². The number of likely N-dealkylation sites (N-methyl/N-ethyl adjacent to an activating group) is 1. The normalized spacial score (nSPS) is 16.3. The number of hydrogen-bond donors (Lipinski definition) is 2. The highest BCUT2D eigenvalue weighted by Crippen LogP contribution is 2.20. The van der Waals surface area contributed by atoms with Gasteiger partial charge in [0.1, 0.15) is 17.8 Å². The summed E-state index contributed by atoms with van der Waals surface area (Å²) >= 11 is 0. The van der Waals surface area contributed by atoms with Crippen LogP contribution in [0.25, 0.3) is 0 Å². The largest absolute Gasteiger partial charge is 0.367 e. The molecule has 1 aliphatic carbocycles. The van der Waals surface area contributed by atoms with Crippen molar-refractivity contribution in [3.8, 4) is 0 Å². The first-order chi connectivity index (χ1) is 10.6. The second-order valence-corrected chi connectivity index (χ2v) is 6.18. The van der Waals surface area contributed by atoms with Crippen LogP contribution in [-0.4, -0.2) is 54.0 Å². The van der Waals surface area contributed by atoms with Gasteiger partial charge in [-0.05, 0) is 26.9 Å². The molecule has 1 aromatic heterocycles. The third-order valence-corrected chi connectivity index (χ3v) is 3.95. The summed E-state index contributed by atoms with van der Waals surface area (Å²) in [6.45, 7) is 1.42. The highest BCUT2D eigenvalue weighted by atomic mass is 16.1. The highest BCUT2D eigenvalue weighted by Gasteiger charge is 2.14. The van der Waals surface area contributed by atoms with Gasteiger partial charge in [0.05, 0.1) is 0 Å². The average molecular weight is 305 g/mol. The maximum absolute atomic E-state index is 12.1. The molecule has 122 valence electrons. The summed E-state index contributed by atoms with van der Waals surface area (Å²) < 4.78 is 0. The van der Waals surface area contributed by atoms with Gasteiger partial charge >= 0.3 is 0 Å². The fourth-order valence-electron chi connectivity index (χ4n) is 2.68. The summed E-state index contributed by atoms with van der Waals surface area (Å²) in [6, 6.07) is 2.21. The predicted octanol–water partition coefficient (Wildman–Crippen LogP) is 1.90. The van der Waals surface area contributed by atoms with E-state index in [-0.39, 0.29) is 5.91 Å². The second kappa shape index (κ2) is 8.68. The third kappa shape index (κ3) is 5.60. The summed E-state index contributed by atoms with van der Waals surface area (Å²) in [5.41, 5.74) is 0.421. The first-order valence-corrected chi connectivity index (χ1v) is 8.16. The molecule has 2 N–H and O–H groups in total. The van der Waals surface area contributed by atoms with E-state index in [1.54, 1.807) is 6.07 Å². The predicted molar refractivity (Wildman–Crippen MR) is 88.0 cm³/mol. The molecule has 0 spiro atoms. The molecule has 0 radical (unpaired) electrons. The molecule has 0 atom stereocenters. The molecule has 0 bridgehead atoms. The Hall–Kier alpha value is -1.69. The minimum Gasteiger partial charge on any atom is -0.367 e. The van der Waals surface area contributed by atoms with Gasteiger partial charge < -0.3 is 15.5 Å². The number of nitrogens with one attached hydrogen (secondary N) is 2. The minimum atomic E-state index is -0.145. The van der Waals surface area contributed by atoms with E-state index in [1.165, 1.54) is 44.9 Å². The molecule has 0 aliphatic heterocycles. The molecular formula is C16H27N5O. The number of carbonyl (C=O) groups excluding carboxylic acids is 1. The lowest BCUT2D eigenvalue weighted by Gasteiger charge is -2.17. The molecule has 2 rings (SSSR count). The zero-order valence-corrected chi connectivity index (χ0v) is 13.6.